The van der Waals surface area contributed by atoms with E-state index in [4.69, 9.17) is 4.74 Å². The van der Waals surface area contributed by atoms with E-state index in [9.17, 15) is 18.8 Å². The number of hydrogen-bond acceptors (Lipinski definition) is 6. The first-order valence-electron chi connectivity index (χ1n) is 14.9. The summed E-state index contributed by atoms with van der Waals surface area (Å²) < 4.78 is 20.4. The largest absolute Gasteiger partial charge is 0.444 e. The van der Waals surface area contributed by atoms with Gasteiger partial charge in [0.15, 0.2) is 0 Å². The fourth-order valence-corrected chi connectivity index (χ4v) is 5.87. The number of aromatic nitrogens is 1. The fraction of sp³-hybridized carbons (Fsp3) is 0.394. The second-order valence-electron chi connectivity index (χ2n) is 13.0. The number of nitrogens with zero attached hydrogens (tertiary/aromatic N) is 3. The third-order valence-corrected chi connectivity index (χ3v) is 8.34. The molecule has 2 heterocycles. The quantitative estimate of drug-likeness (QED) is 0.391. The third-order valence-electron chi connectivity index (χ3n) is 8.34. The number of halogens is 1. The number of rotatable bonds is 7. The number of carbonyl (C=O) groups is 3. The van der Waals surface area contributed by atoms with Crippen molar-refractivity contribution in [3.8, 4) is 0 Å². The first-order valence-corrected chi connectivity index (χ1v) is 14.9. The van der Waals surface area contributed by atoms with Crippen LogP contribution in [0.5, 0.6) is 0 Å². The summed E-state index contributed by atoms with van der Waals surface area (Å²) >= 11 is 0. The molecule has 0 bridgehead atoms. The number of piperazine rings is 1. The van der Waals surface area contributed by atoms with Crippen LogP contribution in [0.25, 0.3) is 0 Å². The van der Waals surface area contributed by atoms with Crippen LogP contribution in [0.3, 0.4) is 0 Å². The summed E-state index contributed by atoms with van der Waals surface area (Å²) in [5, 5.41) is 5.40. The molecule has 1 saturated carbocycles. The number of anilines is 2. The lowest BCUT2D eigenvalue weighted by Gasteiger charge is -2.36. The molecule has 2 aromatic carbocycles. The van der Waals surface area contributed by atoms with Gasteiger partial charge in [-0.15, -0.1) is 0 Å². The highest BCUT2D eigenvalue weighted by Crippen LogP contribution is 2.68. The molecule has 3 unspecified atom stereocenters. The molecular formula is C33H39BFN5O4. The van der Waals surface area contributed by atoms with E-state index in [2.05, 4.69) is 20.5 Å². The molecule has 230 valence electrons. The number of amides is 3. The van der Waals surface area contributed by atoms with Gasteiger partial charge < -0.3 is 25.2 Å². The molecule has 3 atom stereocenters. The van der Waals surface area contributed by atoms with Gasteiger partial charge in [0.1, 0.15) is 19.3 Å². The monoisotopic (exact) mass is 599 g/mol. The second kappa shape index (κ2) is 12.3. The van der Waals surface area contributed by atoms with E-state index in [1.807, 2.05) is 59.8 Å². The predicted molar refractivity (Wildman–Crippen MR) is 170 cm³/mol. The topological polar surface area (TPSA) is 104 Å². The Kier molecular flexibility index (Phi) is 8.68. The molecule has 1 aliphatic carbocycles. The summed E-state index contributed by atoms with van der Waals surface area (Å²) in [7, 11) is 2.05. The number of hydrogen-bond donors (Lipinski definition) is 2. The van der Waals surface area contributed by atoms with Gasteiger partial charge in [-0.05, 0) is 80.0 Å². The van der Waals surface area contributed by atoms with Gasteiger partial charge in [-0.1, -0.05) is 19.1 Å². The van der Waals surface area contributed by atoms with Gasteiger partial charge in [-0.25, -0.2) is 9.18 Å². The summed E-state index contributed by atoms with van der Waals surface area (Å²) in [5.74, 6) is -1.16. The minimum absolute atomic E-state index is 0.00596. The molecule has 9 nitrogen and oxygen atoms in total. The summed E-state index contributed by atoms with van der Waals surface area (Å²) in [5.41, 5.74) is 2.59. The van der Waals surface area contributed by atoms with Gasteiger partial charge in [0.2, 0.25) is 5.91 Å². The van der Waals surface area contributed by atoms with Crippen LogP contribution in [0.4, 0.5) is 20.6 Å². The van der Waals surface area contributed by atoms with E-state index in [0.717, 1.165) is 11.3 Å². The van der Waals surface area contributed by atoms with Crippen LogP contribution in [-0.2, 0) is 16.1 Å². The van der Waals surface area contributed by atoms with Crippen molar-refractivity contribution in [2.24, 2.45) is 5.92 Å². The second-order valence-corrected chi connectivity index (χ2v) is 13.0. The summed E-state index contributed by atoms with van der Waals surface area (Å²) in [4.78, 5) is 46.2. The van der Waals surface area contributed by atoms with E-state index in [-0.39, 0.29) is 41.6 Å². The van der Waals surface area contributed by atoms with Crippen LogP contribution in [0.1, 0.15) is 55.1 Å². The normalized spacial score (nSPS) is 21.4. The minimum atomic E-state index is -0.531. The van der Waals surface area contributed by atoms with Crippen molar-refractivity contribution in [3.63, 3.8) is 0 Å². The van der Waals surface area contributed by atoms with Crippen molar-refractivity contribution < 1.29 is 23.5 Å². The van der Waals surface area contributed by atoms with Gasteiger partial charge in [0, 0.05) is 73.5 Å². The lowest BCUT2D eigenvalue weighted by Crippen LogP contribution is -2.50. The van der Waals surface area contributed by atoms with Gasteiger partial charge in [0.25, 0.3) is 5.91 Å². The van der Waals surface area contributed by atoms with Crippen molar-refractivity contribution in [1.29, 1.82) is 0 Å². The summed E-state index contributed by atoms with van der Waals surface area (Å²) in [6.45, 7) is 10.0. The Morgan fingerprint density at radius 1 is 1.07 bits per heavy atom. The average Bonchev–Trinajstić information content (AvgIpc) is 3.58. The highest BCUT2D eigenvalue weighted by atomic mass is 19.1. The molecule has 1 aliphatic heterocycles. The van der Waals surface area contributed by atoms with Gasteiger partial charge in [0.05, 0.1) is 0 Å². The number of carbonyl (C=O) groups excluding carboxylic acids is 3. The van der Waals surface area contributed by atoms with Crippen LogP contribution < -0.4 is 15.5 Å². The first kappa shape index (κ1) is 31.0. The molecule has 2 aliphatic rings. The molecular weight excluding hydrogens is 560 g/mol. The van der Waals surface area contributed by atoms with E-state index >= 15 is 0 Å². The number of pyridine rings is 1. The third kappa shape index (κ3) is 7.04. The maximum absolute atomic E-state index is 14.9. The zero-order valence-corrected chi connectivity index (χ0v) is 25.9. The van der Waals surface area contributed by atoms with Crippen LogP contribution in [0, 0.1) is 11.7 Å². The minimum Gasteiger partial charge on any atom is -0.444 e. The SMILES string of the molecule is BC1(C)C(C(=O)Nc2ccc(CNC(=O)c3ccc(N4CCN(C(=O)OC(C)(C)C)CC4)cc3)c(F)c2)C1c1cccnc1. The molecule has 2 fully saturated rings. The molecule has 3 aromatic rings. The molecule has 5 rings (SSSR count). The van der Waals surface area contributed by atoms with Crippen molar-refractivity contribution in [3.05, 3.63) is 89.5 Å². The number of ether oxygens (including phenoxy) is 1. The van der Waals surface area contributed by atoms with Gasteiger partial charge >= 0.3 is 6.09 Å². The summed E-state index contributed by atoms with van der Waals surface area (Å²) in [6.07, 6.45) is 3.18. The van der Waals surface area contributed by atoms with Crippen molar-refractivity contribution >= 4 is 37.1 Å². The molecule has 1 aromatic heterocycles. The van der Waals surface area contributed by atoms with E-state index in [0.29, 0.717) is 43.0 Å². The van der Waals surface area contributed by atoms with E-state index in [1.165, 1.54) is 6.07 Å². The van der Waals surface area contributed by atoms with Crippen LogP contribution in [0.15, 0.2) is 67.0 Å². The predicted octanol–water partition coefficient (Wildman–Crippen LogP) is 4.37. The Morgan fingerprint density at radius 3 is 2.39 bits per heavy atom. The molecule has 3 amide bonds. The molecule has 11 heteroatoms. The average molecular weight is 600 g/mol. The highest BCUT2D eigenvalue weighted by Gasteiger charge is 2.61. The summed E-state index contributed by atoms with van der Waals surface area (Å²) in [6, 6.07) is 15.5. The molecule has 2 N–H and O–H groups in total. The number of nitrogens with one attached hydrogen (secondary N) is 2. The standard InChI is InChI=1S/C33H39BFN5O4/c1-32(2,3)44-31(43)40-16-14-39(15-17-40)25-11-8-21(9-12-25)29(41)37-20-22-7-10-24(18-26(22)35)38-30(42)28-27(33(28,4)34)23-6-5-13-36-19-23/h5-13,18-19,27-28H,14-17,20,34H2,1-4H3,(H,37,41)(H,38,42). The Bertz CT molecular complexity index is 1520. The van der Waals surface area contributed by atoms with Crippen molar-refractivity contribution in [1.82, 2.24) is 15.2 Å². The van der Waals surface area contributed by atoms with Gasteiger partial charge in [-0.2, -0.15) is 0 Å². The molecule has 0 spiro atoms. The van der Waals surface area contributed by atoms with Crippen molar-refractivity contribution in [2.45, 2.75) is 51.1 Å². The lowest BCUT2D eigenvalue weighted by atomic mass is 9.80. The molecule has 44 heavy (non-hydrogen) atoms. The Morgan fingerprint density at radius 2 is 1.77 bits per heavy atom. The fourth-order valence-electron chi connectivity index (χ4n) is 5.87. The zero-order valence-electron chi connectivity index (χ0n) is 25.9. The van der Waals surface area contributed by atoms with Crippen LogP contribution in [0.2, 0.25) is 5.31 Å². The molecule has 1 saturated heterocycles. The first-order chi connectivity index (χ1) is 20.8. The van der Waals surface area contributed by atoms with E-state index in [1.54, 1.807) is 41.6 Å². The smallest absolute Gasteiger partial charge is 0.410 e. The van der Waals surface area contributed by atoms with Crippen molar-refractivity contribution in [2.75, 3.05) is 36.4 Å². The van der Waals surface area contributed by atoms with Crippen LogP contribution >= 0.6 is 0 Å². The Hall–Kier alpha value is -4.41. The Balaban J connectivity index is 1.10. The maximum Gasteiger partial charge on any atom is 0.410 e. The maximum atomic E-state index is 14.9. The molecule has 0 radical (unpaired) electrons. The Labute approximate surface area is 258 Å². The zero-order chi connectivity index (χ0) is 31.6. The van der Waals surface area contributed by atoms with E-state index < -0.39 is 11.4 Å². The number of benzene rings is 2. The lowest BCUT2D eigenvalue weighted by molar-refractivity contribution is -0.117. The highest BCUT2D eigenvalue weighted by molar-refractivity contribution is 6.23. The van der Waals surface area contributed by atoms with Crippen LogP contribution in [-0.4, -0.2) is 67.4 Å². The van der Waals surface area contributed by atoms with Gasteiger partial charge in [-0.3, -0.25) is 14.6 Å².